The highest BCUT2D eigenvalue weighted by molar-refractivity contribution is 6.01. The minimum atomic E-state index is -0.277. The molecule has 0 saturated carbocycles. The normalized spacial score (nSPS) is 18.3. The van der Waals surface area contributed by atoms with Crippen molar-refractivity contribution in [2.24, 2.45) is 0 Å². The van der Waals surface area contributed by atoms with Gasteiger partial charge < -0.3 is 20.3 Å². The van der Waals surface area contributed by atoms with Gasteiger partial charge in [0.05, 0.1) is 17.4 Å². The van der Waals surface area contributed by atoms with E-state index in [-0.39, 0.29) is 17.7 Å². The molecule has 0 radical (unpaired) electrons. The maximum absolute atomic E-state index is 13.9. The summed E-state index contributed by atoms with van der Waals surface area (Å²) < 4.78 is 6.14. The van der Waals surface area contributed by atoms with Crippen LogP contribution >= 0.6 is 0 Å². The Balaban J connectivity index is 1.34. The van der Waals surface area contributed by atoms with Crippen LogP contribution in [0.1, 0.15) is 41.5 Å². The summed E-state index contributed by atoms with van der Waals surface area (Å²) in [6, 6.07) is 34.7. The summed E-state index contributed by atoms with van der Waals surface area (Å²) in [4.78, 5) is 16.0. The Morgan fingerprint density at radius 2 is 1.54 bits per heavy atom. The van der Waals surface area contributed by atoms with Crippen LogP contribution in [-0.4, -0.2) is 19.9 Å². The summed E-state index contributed by atoms with van der Waals surface area (Å²) in [7, 11) is 4.08. The zero-order chi connectivity index (χ0) is 26.8. The molecular weight excluding hydrogens is 482 g/mol. The lowest BCUT2D eigenvalue weighted by Gasteiger charge is -2.30. The van der Waals surface area contributed by atoms with Gasteiger partial charge in [-0.2, -0.15) is 0 Å². The van der Waals surface area contributed by atoms with Crippen molar-refractivity contribution in [2.45, 2.75) is 31.4 Å². The quantitative estimate of drug-likeness (QED) is 0.282. The molecular formula is C34H33N3O2. The van der Waals surface area contributed by atoms with Crippen LogP contribution in [0.2, 0.25) is 0 Å². The van der Waals surface area contributed by atoms with Gasteiger partial charge in [0.2, 0.25) is 0 Å². The Morgan fingerprint density at radius 3 is 2.31 bits per heavy atom. The molecule has 0 spiro atoms. The van der Waals surface area contributed by atoms with Gasteiger partial charge >= 0.3 is 0 Å². The first-order valence-corrected chi connectivity index (χ1v) is 13.5. The lowest BCUT2D eigenvalue weighted by atomic mass is 9.78. The summed E-state index contributed by atoms with van der Waals surface area (Å²) >= 11 is 0. The first-order valence-electron chi connectivity index (χ1n) is 13.5. The number of nitrogens with one attached hydrogen (secondary N) is 2. The predicted molar refractivity (Wildman–Crippen MR) is 158 cm³/mol. The molecule has 2 aliphatic rings. The van der Waals surface area contributed by atoms with E-state index in [1.807, 2.05) is 56.6 Å². The maximum atomic E-state index is 13.9. The number of anilines is 3. The number of carbonyl (C=O) groups excluding carboxylic acids is 1. The predicted octanol–water partition coefficient (Wildman–Crippen LogP) is 7.31. The van der Waals surface area contributed by atoms with Crippen LogP contribution in [0.4, 0.5) is 17.1 Å². The van der Waals surface area contributed by atoms with Gasteiger partial charge in [0.25, 0.3) is 0 Å². The van der Waals surface area contributed by atoms with Crippen molar-refractivity contribution in [2.75, 3.05) is 29.6 Å². The summed E-state index contributed by atoms with van der Waals surface area (Å²) in [5.41, 5.74) is 8.24. The number of nitrogens with zero attached hydrogens (tertiary/aromatic N) is 1. The average molecular weight is 516 g/mol. The number of Topliss-reactive ketones (excluding diaryl/α,β-unsaturated/α-hetero) is 1. The van der Waals surface area contributed by atoms with Crippen molar-refractivity contribution in [1.29, 1.82) is 0 Å². The minimum absolute atomic E-state index is 0.131. The number of rotatable bonds is 6. The molecule has 6 rings (SSSR count). The molecule has 5 heteroatoms. The van der Waals surface area contributed by atoms with E-state index in [9.17, 15) is 4.79 Å². The standard InChI is InChI=1S/C34H33N3O2/c1-37(2)27-17-15-24(16-18-27)26-20-31-33(32(38)21-26)34(36-30-14-7-6-13-29(30)35-31)25-11-8-12-28(19-25)39-22-23-9-4-3-5-10-23/h3-19,26,34-36H,20-22H2,1-2H3. The van der Waals surface area contributed by atoms with Gasteiger partial charge in [0, 0.05) is 37.5 Å². The molecule has 2 atom stereocenters. The lowest BCUT2D eigenvalue weighted by Crippen LogP contribution is -2.27. The van der Waals surface area contributed by atoms with Gasteiger partial charge in [-0.15, -0.1) is 0 Å². The van der Waals surface area contributed by atoms with Crippen LogP contribution in [0.5, 0.6) is 5.75 Å². The summed E-state index contributed by atoms with van der Waals surface area (Å²) in [6.07, 6.45) is 1.26. The molecule has 0 bridgehead atoms. The largest absolute Gasteiger partial charge is 0.489 e. The lowest BCUT2D eigenvalue weighted by molar-refractivity contribution is -0.116. The highest BCUT2D eigenvalue weighted by atomic mass is 16.5. The first-order chi connectivity index (χ1) is 19.0. The van der Waals surface area contributed by atoms with E-state index < -0.39 is 0 Å². The molecule has 1 aliphatic carbocycles. The van der Waals surface area contributed by atoms with E-state index in [4.69, 9.17) is 4.74 Å². The monoisotopic (exact) mass is 515 g/mol. The summed E-state index contributed by atoms with van der Waals surface area (Å²) in [5.74, 6) is 1.09. The highest BCUT2D eigenvalue weighted by Gasteiger charge is 2.36. The van der Waals surface area contributed by atoms with Crippen LogP contribution in [0.3, 0.4) is 0 Å². The molecule has 0 saturated heterocycles. The zero-order valence-corrected chi connectivity index (χ0v) is 22.4. The third kappa shape index (κ3) is 5.26. The van der Waals surface area contributed by atoms with Crippen molar-refractivity contribution in [3.05, 3.63) is 131 Å². The number of hydrogen-bond donors (Lipinski definition) is 2. The molecule has 2 N–H and O–H groups in total. The molecule has 1 aliphatic heterocycles. The fourth-order valence-electron chi connectivity index (χ4n) is 5.55. The fraction of sp³-hybridized carbons (Fsp3) is 0.206. The van der Waals surface area contributed by atoms with Gasteiger partial charge in [-0.1, -0.05) is 66.7 Å². The Kier molecular flexibility index (Phi) is 6.80. The molecule has 0 aromatic heterocycles. The summed E-state index contributed by atoms with van der Waals surface area (Å²) in [6.45, 7) is 0.494. The van der Waals surface area contributed by atoms with Crippen molar-refractivity contribution in [1.82, 2.24) is 0 Å². The van der Waals surface area contributed by atoms with Gasteiger partial charge in [0.1, 0.15) is 12.4 Å². The number of allylic oxidation sites excluding steroid dienone is 1. The second-order valence-corrected chi connectivity index (χ2v) is 10.5. The van der Waals surface area contributed by atoms with Crippen molar-refractivity contribution in [3.63, 3.8) is 0 Å². The molecule has 5 nitrogen and oxygen atoms in total. The van der Waals surface area contributed by atoms with Gasteiger partial charge in [-0.05, 0) is 65.4 Å². The van der Waals surface area contributed by atoms with E-state index in [2.05, 4.69) is 76.2 Å². The maximum Gasteiger partial charge on any atom is 0.163 e. The van der Waals surface area contributed by atoms with E-state index in [1.165, 1.54) is 5.56 Å². The molecule has 39 heavy (non-hydrogen) atoms. The van der Waals surface area contributed by atoms with Crippen LogP contribution in [0.25, 0.3) is 0 Å². The Hall–Kier alpha value is -4.51. The van der Waals surface area contributed by atoms with E-state index >= 15 is 0 Å². The van der Waals surface area contributed by atoms with E-state index in [0.717, 1.165) is 51.6 Å². The molecule has 4 aromatic carbocycles. The van der Waals surface area contributed by atoms with Crippen LogP contribution in [0, 0.1) is 0 Å². The fourth-order valence-corrected chi connectivity index (χ4v) is 5.55. The second kappa shape index (κ2) is 10.7. The Labute approximate surface area is 230 Å². The van der Waals surface area contributed by atoms with Gasteiger partial charge in [-0.3, -0.25) is 4.79 Å². The topological polar surface area (TPSA) is 53.6 Å². The first kappa shape index (κ1) is 24.8. The number of ether oxygens (including phenoxy) is 1. The minimum Gasteiger partial charge on any atom is -0.489 e. The van der Waals surface area contributed by atoms with Crippen molar-refractivity contribution >= 4 is 22.8 Å². The Morgan fingerprint density at radius 1 is 0.795 bits per heavy atom. The number of carbonyl (C=O) groups is 1. The average Bonchev–Trinajstić information content (AvgIpc) is 3.14. The second-order valence-electron chi connectivity index (χ2n) is 10.5. The zero-order valence-electron chi connectivity index (χ0n) is 22.4. The number of hydrogen-bond acceptors (Lipinski definition) is 5. The van der Waals surface area contributed by atoms with Crippen molar-refractivity contribution < 1.29 is 9.53 Å². The molecule has 2 unspecified atom stereocenters. The third-order valence-corrected chi connectivity index (χ3v) is 7.63. The van der Waals surface area contributed by atoms with Gasteiger partial charge in [-0.25, -0.2) is 0 Å². The smallest absolute Gasteiger partial charge is 0.163 e. The number of benzene rings is 4. The third-order valence-electron chi connectivity index (χ3n) is 7.63. The summed E-state index contributed by atoms with van der Waals surface area (Å²) in [5, 5.41) is 7.32. The SMILES string of the molecule is CN(C)c1ccc(C2CC(=O)C3=C(C2)Nc2ccccc2NC3c2cccc(OCc3ccccc3)c2)cc1. The van der Waals surface area contributed by atoms with E-state index in [0.29, 0.717) is 13.0 Å². The number of fused-ring (bicyclic) bond motifs is 1. The van der Waals surface area contributed by atoms with Crippen LogP contribution in [0.15, 0.2) is 114 Å². The van der Waals surface area contributed by atoms with Crippen LogP contribution < -0.4 is 20.3 Å². The Bertz CT molecular complexity index is 1510. The molecule has 1 heterocycles. The molecule has 196 valence electrons. The molecule has 0 fully saturated rings. The molecule has 4 aromatic rings. The number of para-hydroxylation sites is 2. The highest BCUT2D eigenvalue weighted by Crippen LogP contribution is 2.44. The van der Waals surface area contributed by atoms with Crippen molar-refractivity contribution in [3.8, 4) is 5.75 Å². The van der Waals surface area contributed by atoms with Gasteiger partial charge in [0.15, 0.2) is 5.78 Å². The molecule has 0 amide bonds. The van der Waals surface area contributed by atoms with E-state index in [1.54, 1.807) is 0 Å². The van der Waals surface area contributed by atoms with Crippen LogP contribution in [-0.2, 0) is 11.4 Å². The number of ketones is 1.